The maximum atomic E-state index is 11.5. The van der Waals surface area contributed by atoms with Crippen LogP contribution in [-0.4, -0.2) is 39.5 Å². The summed E-state index contributed by atoms with van der Waals surface area (Å²) in [7, 11) is 0. The molecule has 92 valence electrons. The number of aliphatic carboxylic acids is 1. The third kappa shape index (κ3) is 4.56. The summed E-state index contributed by atoms with van der Waals surface area (Å²) in [6, 6.07) is -0.886. The lowest BCUT2D eigenvalue weighted by molar-refractivity contribution is -0.138. The first-order valence-electron chi connectivity index (χ1n) is 5.14. The Morgan fingerprint density at radius 3 is 2.82 bits per heavy atom. The van der Waals surface area contributed by atoms with Gasteiger partial charge in [-0.1, -0.05) is 0 Å². The number of amides is 1. The SMILES string of the molecule is NC(CCCNC(=O)c1cnccn1)C(=O)O. The summed E-state index contributed by atoms with van der Waals surface area (Å²) in [6.45, 7) is 0.358. The normalized spacial score (nSPS) is 11.8. The zero-order valence-corrected chi connectivity index (χ0v) is 9.17. The zero-order chi connectivity index (χ0) is 12.7. The standard InChI is InChI=1S/C10H14N4O3/c11-7(10(16)17)2-1-3-14-9(15)8-6-12-4-5-13-8/h4-7H,1-3,11H2,(H,14,15)(H,16,17). The summed E-state index contributed by atoms with van der Waals surface area (Å²) in [4.78, 5) is 29.5. The summed E-state index contributed by atoms with van der Waals surface area (Å²) >= 11 is 0. The summed E-state index contributed by atoms with van der Waals surface area (Å²) in [6.07, 6.45) is 5.08. The molecule has 17 heavy (non-hydrogen) atoms. The third-order valence-corrected chi connectivity index (χ3v) is 2.09. The molecule has 1 unspecified atom stereocenters. The number of nitrogens with zero attached hydrogens (tertiary/aromatic N) is 2. The Bertz CT molecular complexity index is 382. The van der Waals surface area contributed by atoms with E-state index in [4.69, 9.17) is 10.8 Å². The molecular formula is C10H14N4O3. The van der Waals surface area contributed by atoms with E-state index in [-0.39, 0.29) is 11.6 Å². The molecule has 4 N–H and O–H groups in total. The minimum atomic E-state index is -1.04. The highest BCUT2D eigenvalue weighted by atomic mass is 16.4. The monoisotopic (exact) mass is 238 g/mol. The van der Waals surface area contributed by atoms with Gasteiger partial charge in [-0.3, -0.25) is 14.6 Å². The van der Waals surface area contributed by atoms with E-state index >= 15 is 0 Å². The van der Waals surface area contributed by atoms with Gasteiger partial charge in [-0.25, -0.2) is 4.98 Å². The second-order valence-corrected chi connectivity index (χ2v) is 3.43. The molecule has 0 aliphatic rings. The predicted octanol–water partition coefficient (Wildman–Crippen LogP) is -0.602. The molecule has 7 nitrogen and oxygen atoms in total. The molecule has 1 aromatic heterocycles. The highest BCUT2D eigenvalue weighted by molar-refractivity contribution is 5.91. The molecule has 0 bridgehead atoms. The number of hydrogen-bond donors (Lipinski definition) is 3. The Labute approximate surface area is 98.1 Å². The predicted molar refractivity (Wildman–Crippen MR) is 59.2 cm³/mol. The molecular weight excluding hydrogens is 224 g/mol. The van der Waals surface area contributed by atoms with Crippen LogP contribution in [0.4, 0.5) is 0 Å². The van der Waals surface area contributed by atoms with Crippen molar-refractivity contribution in [3.63, 3.8) is 0 Å². The van der Waals surface area contributed by atoms with Gasteiger partial charge in [-0.2, -0.15) is 0 Å². The van der Waals surface area contributed by atoms with Gasteiger partial charge in [0.2, 0.25) is 0 Å². The van der Waals surface area contributed by atoms with Gasteiger partial charge in [0.15, 0.2) is 0 Å². The largest absolute Gasteiger partial charge is 0.480 e. The minimum absolute atomic E-state index is 0.232. The number of nitrogens with one attached hydrogen (secondary N) is 1. The van der Waals surface area contributed by atoms with Crippen LogP contribution in [-0.2, 0) is 4.79 Å². The topological polar surface area (TPSA) is 118 Å². The van der Waals surface area contributed by atoms with Crippen LogP contribution in [0.5, 0.6) is 0 Å². The fraction of sp³-hybridized carbons (Fsp3) is 0.400. The summed E-state index contributed by atoms with van der Waals surface area (Å²) in [5.74, 6) is -1.37. The number of nitrogens with two attached hydrogens (primary N) is 1. The molecule has 0 radical (unpaired) electrons. The van der Waals surface area contributed by atoms with Crippen LogP contribution in [0.1, 0.15) is 23.3 Å². The van der Waals surface area contributed by atoms with Crippen LogP contribution in [0.2, 0.25) is 0 Å². The quantitative estimate of drug-likeness (QED) is 0.569. The van der Waals surface area contributed by atoms with Crippen molar-refractivity contribution < 1.29 is 14.7 Å². The molecule has 1 atom stereocenters. The molecule has 0 fully saturated rings. The fourth-order valence-electron chi connectivity index (χ4n) is 1.15. The Balaban J connectivity index is 2.24. The number of rotatable bonds is 6. The van der Waals surface area contributed by atoms with E-state index in [2.05, 4.69) is 15.3 Å². The van der Waals surface area contributed by atoms with Crippen LogP contribution in [0.25, 0.3) is 0 Å². The van der Waals surface area contributed by atoms with Gasteiger partial charge in [-0.15, -0.1) is 0 Å². The molecule has 0 aromatic carbocycles. The second kappa shape index (κ2) is 6.54. The first-order chi connectivity index (χ1) is 8.11. The van der Waals surface area contributed by atoms with Crippen molar-refractivity contribution in [2.24, 2.45) is 5.73 Å². The molecule has 0 saturated carbocycles. The average molecular weight is 238 g/mol. The van der Waals surface area contributed by atoms with E-state index in [9.17, 15) is 9.59 Å². The lowest BCUT2D eigenvalue weighted by atomic mass is 10.2. The fourth-order valence-corrected chi connectivity index (χ4v) is 1.15. The molecule has 0 aliphatic heterocycles. The number of carboxylic acids is 1. The first kappa shape index (κ1) is 13.0. The van der Waals surface area contributed by atoms with E-state index < -0.39 is 12.0 Å². The van der Waals surface area contributed by atoms with Gasteiger partial charge >= 0.3 is 5.97 Å². The van der Waals surface area contributed by atoms with E-state index in [1.54, 1.807) is 0 Å². The zero-order valence-electron chi connectivity index (χ0n) is 9.17. The Morgan fingerprint density at radius 2 is 2.24 bits per heavy atom. The third-order valence-electron chi connectivity index (χ3n) is 2.09. The first-order valence-corrected chi connectivity index (χ1v) is 5.14. The van der Waals surface area contributed by atoms with Crippen molar-refractivity contribution in [2.45, 2.75) is 18.9 Å². The van der Waals surface area contributed by atoms with Crippen LogP contribution in [0.15, 0.2) is 18.6 Å². The number of carbonyl (C=O) groups excluding carboxylic acids is 1. The molecule has 1 rings (SSSR count). The molecule has 0 spiro atoms. The molecule has 0 saturated heterocycles. The molecule has 7 heteroatoms. The number of aromatic nitrogens is 2. The van der Waals surface area contributed by atoms with E-state index in [1.807, 2.05) is 0 Å². The smallest absolute Gasteiger partial charge is 0.320 e. The highest BCUT2D eigenvalue weighted by Crippen LogP contribution is 1.94. The van der Waals surface area contributed by atoms with Crippen molar-refractivity contribution in [3.8, 4) is 0 Å². The van der Waals surface area contributed by atoms with Crippen LogP contribution in [0.3, 0.4) is 0 Å². The summed E-state index contributed by atoms with van der Waals surface area (Å²) < 4.78 is 0. The Hall–Kier alpha value is -2.02. The van der Waals surface area contributed by atoms with Gasteiger partial charge in [0.1, 0.15) is 11.7 Å². The molecule has 0 aliphatic carbocycles. The number of hydrogen-bond acceptors (Lipinski definition) is 5. The van der Waals surface area contributed by atoms with Crippen LogP contribution in [0, 0.1) is 0 Å². The Morgan fingerprint density at radius 1 is 1.47 bits per heavy atom. The van der Waals surface area contributed by atoms with E-state index in [1.165, 1.54) is 18.6 Å². The number of carbonyl (C=O) groups is 2. The van der Waals surface area contributed by atoms with E-state index in [0.717, 1.165) is 0 Å². The Kier molecular flexibility index (Phi) is 5.02. The lowest BCUT2D eigenvalue weighted by Crippen LogP contribution is -2.32. The van der Waals surface area contributed by atoms with Crippen molar-refractivity contribution in [3.05, 3.63) is 24.3 Å². The van der Waals surface area contributed by atoms with Gasteiger partial charge in [0.25, 0.3) is 5.91 Å². The van der Waals surface area contributed by atoms with E-state index in [0.29, 0.717) is 19.4 Å². The second-order valence-electron chi connectivity index (χ2n) is 3.43. The maximum absolute atomic E-state index is 11.5. The number of carboxylic acid groups (broad SMARTS) is 1. The van der Waals surface area contributed by atoms with Crippen molar-refractivity contribution >= 4 is 11.9 Å². The van der Waals surface area contributed by atoms with Crippen molar-refractivity contribution in [2.75, 3.05) is 6.54 Å². The van der Waals surface area contributed by atoms with Gasteiger partial charge in [0.05, 0.1) is 6.20 Å². The average Bonchev–Trinajstić information content (AvgIpc) is 2.35. The maximum Gasteiger partial charge on any atom is 0.320 e. The highest BCUT2D eigenvalue weighted by Gasteiger charge is 2.11. The van der Waals surface area contributed by atoms with Crippen LogP contribution >= 0.6 is 0 Å². The minimum Gasteiger partial charge on any atom is -0.480 e. The summed E-state index contributed by atoms with van der Waals surface area (Å²) in [5.41, 5.74) is 5.54. The molecule has 1 heterocycles. The lowest BCUT2D eigenvalue weighted by Gasteiger charge is -2.06. The van der Waals surface area contributed by atoms with Crippen molar-refractivity contribution in [1.82, 2.24) is 15.3 Å². The molecule has 1 amide bonds. The van der Waals surface area contributed by atoms with Gasteiger partial charge < -0.3 is 16.2 Å². The summed E-state index contributed by atoms with van der Waals surface area (Å²) in [5, 5.41) is 11.1. The van der Waals surface area contributed by atoms with Crippen molar-refractivity contribution in [1.29, 1.82) is 0 Å². The van der Waals surface area contributed by atoms with Gasteiger partial charge in [0, 0.05) is 18.9 Å². The van der Waals surface area contributed by atoms with Gasteiger partial charge in [-0.05, 0) is 12.8 Å². The molecule has 1 aromatic rings. The van der Waals surface area contributed by atoms with Crippen LogP contribution < -0.4 is 11.1 Å².